The van der Waals surface area contributed by atoms with Crippen molar-refractivity contribution in [1.29, 1.82) is 0 Å². The number of pyridine rings is 1. The highest BCUT2D eigenvalue weighted by molar-refractivity contribution is 5.94. The van der Waals surface area contributed by atoms with E-state index in [1.54, 1.807) is 36.5 Å². The average molecular weight is 283 g/mol. The maximum atomic E-state index is 11.8. The minimum atomic E-state index is -0.219. The lowest BCUT2D eigenvalue weighted by molar-refractivity contribution is 0.0940. The fraction of sp³-hybridized carbons (Fsp3) is 0.188. The highest BCUT2D eigenvalue weighted by Crippen LogP contribution is 2.05. The topological polar surface area (TPSA) is 71.1 Å². The molecule has 0 fully saturated rings. The number of nitrogens with zero attached hydrogens (tertiary/aromatic N) is 1. The molecule has 0 bridgehead atoms. The van der Waals surface area contributed by atoms with Gasteiger partial charge in [-0.2, -0.15) is 0 Å². The molecule has 0 unspecified atom stereocenters. The van der Waals surface area contributed by atoms with Crippen LogP contribution in [0.5, 0.6) is 0 Å². The van der Waals surface area contributed by atoms with E-state index in [4.69, 9.17) is 0 Å². The van der Waals surface area contributed by atoms with Gasteiger partial charge in [0.05, 0.1) is 0 Å². The van der Waals surface area contributed by atoms with Crippen LogP contribution in [-0.4, -0.2) is 23.3 Å². The molecule has 0 radical (unpaired) electrons. The maximum Gasteiger partial charge on any atom is 0.270 e. The van der Waals surface area contributed by atoms with Gasteiger partial charge >= 0.3 is 0 Å². The molecule has 1 heterocycles. The highest BCUT2D eigenvalue weighted by atomic mass is 16.2. The quantitative estimate of drug-likeness (QED) is 0.878. The molecule has 2 amide bonds. The molecule has 0 saturated heterocycles. The number of nitrogens with one attached hydrogen (secondary N) is 2. The first-order valence-electron chi connectivity index (χ1n) is 6.77. The van der Waals surface area contributed by atoms with Gasteiger partial charge in [0.15, 0.2) is 0 Å². The van der Waals surface area contributed by atoms with Crippen LogP contribution in [0.2, 0.25) is 0 Å². The van der Waals surface area contributed by atoms with E-state index in [0.717, 1.165) is 5.56 Å². The Kier molecular flexibility index (Phi) is 5.04. The number of carbonyl (C=O) groups excluding carboxylic acids is 2. The minimum absolute atomic E-state index is 0.0958. The van der Waals surface area contributed by atoms with Crippen LogP contribution >= 0.6 is 0 Å². The third-order valence-electron chi connectivity index (χ3n) is 2.90. The SMILES string of the molecule is CCNC(=O)c1ccc(CNC(=O)c2ccccn2)cc1. The van der Waals surface area contributed by atoms with E-state index in [1.165, 1.54) is 0 Å². The van der Waals surface area contributed by atoms with Crippen LogP contribution in [0, 0.1) is 0 Å². The Bertz CT molecular complexity index is 609. The summed E-state index contributed by atoms with van der Waals surface area (Å²) in [7, 11) is 0. The summed E-state index contributed by atoms with van der Waals surface area (Å²) in [6.45, 7) is 2.87. The first-order chi connectivity index (χ1) is 10.2. The van der Waals surface area contributed by atoms with E-state index in [-0.39, 0.29) is 11.8 Å². The van der Waals surface area contributed by atoms with Gasteiger partial charge < -0.3 is 10.6 Å². The number of rotatable bonds is 5. The third-order valence-corrected chi connectivity index (χ3v) is 2.90. The van der Waals surface area contributed by atoms with E-state index in [0.29, 0.717) is 24.3 Å². The van der Waals surface area contributed by atoms with Gasteiger partial charge in [0.2, 0.25) is 0 Å². The Morgan fingerprint density at radius 1 is 1.00 bits per heavy atom. The van der Waals surface area contributed by atoms with Gasteiger partial charge in [-0.1, -0.05) is 18.2 Å². The lowest BCUT2D eigenvalue weighted by atomic mass is 10.1. The molecule has 21 heavy (non-hydrogen) atoms. The summed E-state index contributed by atoms with van der Waals surface area (Å²) < 4.78 is 0. The lowest BCUT2D eigenvalue weighted by Gasteiger charge is -2.06. The minimum Gasteiger partial charge on any atom is -0.352 e. The number of hydrogen-bond acceptors (Lipinski definition) is 3. The van der Waals surface area contributed by atoms with E-state index in [9.17, 15) is 9.59 Å². The van der Waals surface area contributed by atoms with Gasteiger partial charge in [-0.3, -0.25) is 14.6 Å². The average Bonchev–Trinajstić information content (AvgIpc) is 2.54. The van der Waals surface area contributed by atoms with Crippen LogP contribution in [0.25, 0.3) is 0 Å². The third kappa shape index (κ3) is 4.14. The Hall–Kier alpha value is -2.69. The molecule has 5 nitrogen and oxygen atoms in total. The standard InChI is InChI=1S/C16H17N3O2/c1-2-17-15(20)13-8-6-12(7-9-13)11-19-16(21)14-5-3-4-10-18-14/h3-10H,2,11H2,1H3,(H,17,20)(H,19,21). The molecule has 0 atom stereocenters. The predicted molar refractivity (Wildman–Crippen MR) is 79.9 cm³/mol. The Morgan fingerprint density at radius 2 is 1.76 bits per heavy atom. The molecule has 5 heteroatoms. The van der Waals surface area contributed by atoms with Crippen LogP contribution in [-0.2, 0) is 6.54 Å². The largest absolute Gasteiger partial charge is 0.352 e. The van der Waals surface area contributed by atoms with Gasteiger partial charge in [-0.15, -0.1) is 0 Å². The number of hydrogen-bond donors (Lipinski definition) is 2. The molecule has 0 aliphatic rings. The summed E-state index contributed by atoms with van der Waals surface area (Å²) in [6, 6.07) is 12.3. The van der Waals surface area contributed by atoms with E-state index in [2.05, 4.69) is 15.6 Å². The molecule has 1 aromatic carbocycles. The van der Waals surface area contributed by atoms with Crippen molar-refractivity contribution < 1.29 is 9.59 Å². The van der Waals surface area contributed by atoms with E-state index in [1.807, 2.05) is 19.1 Å². The fourth-order valence-corrected chi connectivity index (χ4v) is 1.81. The van der Waals surface area contributed by atoms with Crippen molar-refractivity contribution in [3.8, 4) is 0 Å². The molecule has 108 valence electrons. The maximum absolute atomic E-state index is 11.8. The van der Waals surface area contributed by atoms with E-state index < -0.39 is 0 Å². The van der Waals surface area contributed by atoms with Crippen LogP contribution in [0.15, 0.2) is 48.7 Å². The van der Waals surface area contributed by atoms with Gasteiger partial charge in [-0.05, 0) is 36.8 Å². The first-order valence-corrected chi connectivity index (χ1v) is 6.77. The molecular weight excluding hydrogens is 266 g/mol. The zero-order valence-corrected chi connectivity index (χ0v) is 11.8. The van der Waals surface area contributed by atoms with Crippen molar-refractivity contribution in [3.05, 3.63) is 65.5 Å². The van der Waals surface area contributed by atoms with Crippen molar-refractivity contribution in [1.82, 2.24) is 15.6 Å². The Morgan fingerprint density at radius 3 is 2.38 bits per heavy atom. The summed E-state index contributed by atoms with van der Waals surface area (Å²) >= 11 is 0. The van der Waals surface area contributed by atoms with Crippen molar-refractivity contribution in [2.75, 3.05) is 6.54 Å². The number of amides is 2. The normalized spacial score (nSPS) is 9.95. The highest BCUT2D eigenvalue weighted by Gasteiger charge is 2.06. The first kappa shape index (κ1) is 14.7. The molecule has 0 spiro atoms. The van der Waals surface area contributed by atoms with Crippen LogP contribution in [0.1, 0.15) is 33.3 Å². The Balaban J connectivity index is 1.92. The Labute approximate surface area is 123 Å². The van der Waals surface area contributed by atoms with Crippen molar-refractivity contribution in [3.63, 3.8) is 0 Å². The van der Waals surface area contributed by atoms with Crippen molar-refractivity contribution in [2.24, 2.45) is 0 Å². The van der Waals surface area contributed by atoms with E-state index >= 15 is 0 Å². The van der Waals surface area contributed by atoms with Gasteiger partial charge in [0.1, 0.15) is 5.69 Å². The monoisotopic (exact) mass is 283 g/mol. The summed E-state index contributed by atoms with van der Waals surface area (Å²) in [5.41, 5.74) is 1.92. The number of benzene rings is 1. The molecule has 2 aromatic rings. The molecule has 0 aliphatic heterocycles. The fourth-order valence-electron chi connectivity index (χ4n) is 1.81. The lowest BCUT2D eigenvalue weighted by Crippen LogP contribution is -2.24. The van der Waals surface area contributed by atoms with Crippen LogP contribution in [0.3, 0.4) is 0 Å². The molecule has 1 aromatic heterocycles. The smallest absolute Gasteiger partial charge is 0.270 e. The number of aromatic nitrogens is 1. The van der Waals surface area contributed by atoms with Crippen molar-refractivity contribution in [2.45, 2.75) is 13.5 Å². The molecule has 0 aliphatic carbocycles. The number of carbonyl (C=O) groups is 2. The summed E-state index contributed by atoms with van der Waals surface area (Å²) in [5.74, 6) is -0.315. The summed E-state index contributed by atoms with van der Waals surface area (Å²) in [5, 5.41) is 5.52. The molecule has 0 saturated carbocycles. The van der Waals surface area contributed by atoms with Crippen molar-refractivity contribution >= 4 is 11.8 Å². The van der Waals surface area contributed by atoms with Gasteiger partial charge in [0.25, 0.3) is 11.8 Å². The zero-order valence-electron chi connectivity index (χ0n) is 11.8. The predicted octanol–water partition coefficient (Wildman–Crippen LogP) is 1.76. The van der Waals surface area contributed by atoms with Gasteiger partial charge in [0, 0.05) is 24.8 Å². The summed E-state index contributed by atoms with van der Waals surface area (Å²) in [4.78, 5) is 27.4. The molecule has 2 N–H and O–H groups in total. The summed E-state index contributed by atoms with van der Waals surface area (Å²) in [6.07, 6.45) is 1.58. The second-order valence-corrected chi connectivity index (χ2v) is 4.45. The second-order valence-electron chi connectivity index (χ2n) is 4.45. The van der Waals surface area contributed by atoms with Crippen LogP contribution in [0.4, 0.5) is 0 Å². The molecule has 2 rings (SSSR count). The van der Waals surface area contributed by atoms with Gasteiger partial charge in [-0.25, -0.2) is 0 Å². The second kappa shape index (κ2) is 7.19. The molecular formula is C16H17N3O2. The van der Waals surface area contributed by atoms with Crippen LogP contribution < -0.4 is 10.6 Å². The zero-order chi connectivity index (χ0) is 15.1.